The van der Waals surface area contributed by atoms with E-state index in [1.807, 2.05) is 0 Å². The van der Waals surface area contributed by atoms with Crippen LogP contribution in [-0.2, 0) is 4.74 Å². The van der Waals surface area contributed by atoms with E-state index in [4.69, 9.17) is 14.9 Å². The highest BCUT2D eigenvalue weighted by Gasteiger charge is 2.20. The van der Waals surface area contributed by atoms with Crippen LogP contribution in [0.25, 0.3) is 0 Å². The molecule has 4 heteroatoms. The van der Waals surface area contributed by atoms with E-state index in [9.17, 15) is 0 Å². The number of aliphatic hydroxyl groups excluding tert-OH is 2. The molecule has 3 N–H and O–H groups in total. The molecule has 1 aliphatic rings. The Kier molecular flexibility index (Phi) is 5.40. The molecular formula is C10H21NO3. The van der Waals surface area contributed by atoms with E-state index in [0.717, 1.165) is 26.1 Å². The Balaban J connectivity index is 2.16. The highest BCUT2D eigenvalue weighted by atomic mass is 16.5. The molecule has 1 saturated heterocycles. The third-order valence-electron chi connectivity index (χ3n) is 2.86. The van der Waals surface area contributed by atoms with Crippen LogP contribution in [0.2, 0.25) is 0 Å². The fraction of sp³-hybridized carbons (Fsp3) is 1.00. The lowest BCUT2D eigenvalue weighted by atomic mass is 9.93. The van der Waals surface area contributed by atoms with Gasteiger partial charge in [-0.05, 0) is 25.7 Å². The first-order valence-electron chi connectivity index (χ1n) is 5.34. The largest absolute Gasteiger partial charge is 0.394 e. The van der Waals surface area contributed by atoms with Gasteiger partial charge in [-0.25, -0.2) is 0 Å². The van der Waals surface area contributed by atoms with Crippen molar-refractivity contribution in [3.05, 3.63) is 0 Å². The van der Waals surface area contributed by atoms with Crippen molar-refractivity contribution in [2.75, 3.05) is 26.4 Å². The van der Waals surface area contributed by atoms with Crippen LogP contribution in [0.1, 0.15) is 19.8 Å². The molecule has 0 aliphatic carbocycles. The molecule has 1 fully saturated rings. The maximum Gasteiger partial charge on any atom is 0.0895 e. The van der Waals surface area contributed by atoms with Gasteiger partial charge in [0.05, 0.1) is 12.7 Å². The second kappa shape index (κ2) is 6.35. The zero-order valence-electron chi connectivity index (χ0n) is 8.78. The molecule has 0 saturated carbocycles. The standard InChI is InChI=1S/C10H21NO3/c1-8(11-6-10(13)7-12)9-2-4-14-5-3-9/h8-13H,2-7H2,1H3/t8?,10-/m0/s1. The molecule has 0 amide bonds. The number of hydrogen-bond acceptors (Lipinski definition) is 4. The van der Waals surface area contributed by atoms with Crippen LogP contribution in [-0.4, -0.2) is 48.7 Å². The van der Waals surface area contributed by atoms with Crippen molar-refractivity contribution in [2.24, 2.45) is 5.92 Å². The Labute approximate surface area is 85.3 Å². The molecule has 84 valence electrons. The Morgan fingerprint density at radius 2 is 2.07 bits per heavy atom. The summed E-state index contributed by atoms with van der Waals surface area (Å²) in [6.07, 6.45) is 1.53. The lowest BCUT2D eigenvalue weighted by Gasteiger charge is -2.29. The minimum atomic E-state index is -0.641. The third kappa shape index (κ3) is 3.92. The zero-order chi connectivity index (χ0) is 10.4. The van der Waals surface area contributed by atoms with E-state index in [1.54, 1.807) is 0 Å². The molecule has 2 atom stereocenters. The lowest BCUT2D eigenvalue weighted by molar-refractivity contribution is 0.0501. The van der Waals surface area contributed by atoms with Gasteiger partial charge in [-0.2, -0.15) is 0 Å². The van der Waals surface area contributed by atoms with Gasteiger partial charge in [-0.15, -0.1) is 0 Å². The molecule has 0 aromatic rings. The van der Waals surface area contributed by atoms with Crippen molar-refractivity contribution < 1.29 is 14.9 Å². The highest BCUT2D eigenvalue weighted by molar-refractivity contribution is 4.75. The monoisotopic (exact) mass is 203 g/mol. The molecule has 1 heterocycles. The predicted octanol–water partition coefficient (Wildman–Crippen LogP) is -0.256. The number of ether oxygens (including phenoxy) is 1. The minimum absolute atomic E-state index is 0.173. The fourth-order valence-corrected chi connectivity index (χ4v) is 1.77. The van der Waals surface area contributed by atoms with E-state index in [1.165, 1.54) is 0 Å². The average Bonchev–Trinajstić information content (AvgIpc) is 2.26. The summed E-state index contributed by atoms with van der Waals surface area (Å²) in [6, 6.07) is 0.389. The summed E-state index contributed by atoms with van der Waals surface area (Å²) in [6.45, 7) is 4.11. The second-order valence-electron chi connectivity index (χ2n) is 3.98. The predicted molar refractivity (Wildman–Crippen MR) is 54.1 cm³/mol. The number of nitrogens with one attached hydrogen (secondary N) is 1. The van der Waals surface area contributed by atoms with Crippen LogP contribution >= 0.6 is 0 Å². The molecule has 0 aromatic heterocycles. The first-order chi connectivity index (χ1) is 6.74. The van der Waals surface area contributed by atoms with Crippen molar-refractivity contribution in [3.8, 4) is 0 Å². The zero-order valence-corrected chi connectivity index (χ0v) is 8.78. The van der Waals surface area contributed by atoms with Gasteiger partial charge in [0.1, 0.15) is 0 Å². The van der Waals surface area contributed by atoms with Crippen LogP contribution in [0.3, 0.4) is 0 Å². The Hall–Kier alpha value is -0.160. The Morgan fingerprint density at radius 1 is 1.43 bits per heavy atom. The Morgan fingerprint density at radius 3 is 2.64 bits per heavy atom. The highest BCUT2D eigenvalue weighted by Crippen LogP contribution is 2.18. The minimum Gasteiger partial charge on any atom is -0.394 e. The fourth-order valence-electron chi connectivity index (χ4n) is 1.77. The van der Waals surface area contributed by atoms with Gasteiger partial charge >= 0.3 is 0 Å². The number of aliphatic hydroxyl groups is 2. The van der Waals surface area contributed by atoms with Gasteiger partial charge in [-0.3, -0.25) is 0 Å². The SMILES string of the molecule is CC(NC[C@H](O)CO)C1CCOCC1. The molecular weight excluding hydrogens is 182 g/mol. The summed E-state index contributed by atoms with van der Waals surface area (Å²) < 4.78 is 5.28. The van der Waals surface area contributed by atoms with Crippen LogP contribution in [0.15, 0.2) is 0 Å². The van der Waals surface area contributed by atoms with Crippen LogP contribution in [0, 0.1) is 5.92 Å². The van der Waals surface area contributed by atoms with Gasteiger partial charge in [0, 0.05) is 25.8 Å². The first kappa shape index (κ1) is 11.9. The second-order valence-corrected chi connectivity index (χ2v) is 3.98. The number of hydrogen-bond donors (Lipinski definition) is 3. The van der Waals surface area contributed by atoms with Crippen molar-refractivity contribution in [1.82, 2.24) is 5.32 Å². The maximum atomic E-state index is 9.17. The van der Waals surface area contributed by atoms with Crippen LogP contribution in [0.5, 0.6) is 0 Å². The van der Waals surface area contributed by atoms with Gasteiger partial charge in [0.15, 0.2) is 0 Å². The Bertz CT molecular complexity index is 148. The van der Waals surface area contributed by atoms with E-state index in [0.29, 0.717) is 18.5 Å². The molecule has 0 radical (unpaired) electrons. The molecule has 4 nitrogen and oxygen atoms in total. The summed E-state index contributed by atoms with van der Waals surface area (Å²) in [5.41, 5.74) is 0. The molecule has 0 spiro atoms. The lowest BCUT2D eigenvalue weighted by Crippen LogP contribution is -2.41. The van der Waals surface area contributed by atoms with E-state index in [2.05, 4.69) is 12.2 Å². The van der Waals surface area contributed by atoms with Crippen molar-refractivity contribution in [2.45, 2.75) is 31.9 Å². The van der Waals surface area contributed by atoms with Crippen LogP contribution < -0.4 is 5.32 Å². The summed E-state index contributed by atoms with van der Waals surface area (Å²) >= 11 is 0. The summed E-state index contributed by atoms with van der Waals surface area (Å²) in [4.78, 5) is 0. The van der Waals surface area contributed by atoms with Gasteiger partial charge in [0.25, 0.3) is 0 Å². The van der Waals surface area contributed by atoms with Gasteiger partial charge in [-0.1, -0.05) is 0 Å². The number of rotatable bonds is 5. The molecule has 0 bridgehead atoms. The van der Waals surface area contributed by atoms with Gasteiger partial charge < -0.3 is 20.3 Å². The van der Waals surface area contributed by atoms with E-state index in [-0.39, 0.29) is 6.61 Å². The summed E-state index contributed by atoms with van der Waals surface area (Å²) in [5, 5.41) is 21.1. The van der Waals surface area contributed by atoms with Crippen molar-refractivity contribution in [1.29, 1.82) is 0 Å². The third-order valence-corrected chi connectivity index (χ3v) is 2.86. The molecule has 1 aliphatic heterocycles. The van der Waals surface area contributed by atoms with Crippen molar-refractivity contribution >= 4 is 0 Å². The maximum absolute atomic E-state index is 9.17. The topological polar surface area (TPSA) is 61.7 Å². The normalized spacial score (nSPS) is 23.4. The van der Waals surface area contributed by atoms with Crippen molar-refractivity contribution in [3.63, 3.8) is 0 Å². The molecule has 0 aromatic carbocycles. The quantitative estimate of drug-likeness (QED) is 0.576. The first-order valence-corrected chi connectivity index (χ1v) is 5.34. The van der Waals surface area contributed by atoms with E-state index < -0.39 is 6.10 Å². The van der Waals surface area contributed by atoms with E-state index >= 15 is 0 Å². The molecule has 1 rings (SSSR count). The molecule has 14 heavy (non-hydrogen) atoms. The van der Waals surface area contributed by atoms with Gasteiger partial charge in [0.2, 0.25) is 0 Å². The summed E-state index contributed by atoms with van der Waals surface area (Å²) in [7, 11) is 0. The summed E-state index contributed by atoms with van der Waals surface area (Å²) in [5.74, 6) is 0.634. The molecule has 1 unspecified atom stereocenters. The average molecular weight is 203 g/mol. The smallest absolute Gasteiger partial charge is 0.0895 e. The van der Waals surface area contributed by atoms with Crippen LogP contribution in [0.4, 0.5) is 0 Å².